The second kappa shape index (κ2) is 12.7. The lowest BCUT2D eigenvalue weighted by Gasteiger charge is -2.19. The molecule has 0 radical (unpaired) electrons. The van der Waals surface area contributed by atoms with E-state index in [4.69, 9.17) is 4.74 Å². The molecule has 1 fully saturated rings. The van der Waals surface area contributed by atoms with Crippen LogP contribution >= 0.6 is 0 Å². The third kappa shape index (κ3) is 8.45. The summed E-state index contributed by atoms with van der Waals surface area (Å²) in [7, 11) is 1.42. The number of esters is 1. The first kappa shape index (κ1) is 21.4. The van der Waals surface area contributed by atoms with Crippen molar-refractivity contribution >= 4 is 5.97 Å². The molecule has 24 heavy (non-hydrogen) atoms. The van der Waals surface area contributed by atoms with E-state index in [0.29, 0.717) is 12.8 Å². The molecule has 1 unspecified atom stereocenters. The molecule has 142 valence electrons. The van der Waals surface area contributed by atoms with Crippen LogP contribution in [0.2, 0.25) is 0 Å². The van der Waals surface area contributed by atoms with Crippen LogP contribution in [0, 0.1) is 0 Å². The Balaban J connectivity index is 2.08. The van der Waals surface area contributed by atoms with Crippen molar-refractivity contribution in [1.29, 1.82) is 0 Å². The molecule has 1 saturated heterocycles. The van der Waals surface area contributed by atoms with Crippen molar-refractivity contribution in [3.63, 3.8) is 0 Å². The van der Waals surface area contributed by atoms with E-state index in [0.717, 1.165) is 64.2 Å². The molecule has 1 aliphatic heterocycles. The Bertz CT molecular complexity index is 334. The van der Waals surface area contributed by atoms with Crippen LogP contribution in [0.4, 0.5) is 0 Å². The van der Waals surface area contributed by atoms with Crippen LogP contribution in [-0.2, 0) is 14.3 Å². The van der Waals surface area contributed by atoms with Crippen LogP contribution in [0.15, 0.2) is 0 Å². The van der Waals surface area contributed by atoms with Gasteiger partial charge in [0.1, 0.15) is 0 Å². The molecule has 4 atom stereocenters. The van der Waals surface area contributed by atoms with Gasteiger partial charge in [-0.05, 0) is 19.3 Å². The van der Waals surface area contributed by atoms with Crippen molar-refractivity contribution in [1.82, 2.24) is 0 Å². The van der Waals surface area contributed by atoms with Gasteiger partial charge in [0.05, 0.1) is 31.5 Å². The zero-order chi connectivity index (χ0) is 17.8. The molecule has 0 saturated carbocycles. The van der Waals surface area contributed by atoms with Gasteiger partial charge >= 0.3 is 5.97 Å². The van der Waals surface area contributed by atoms with Gasteiger partial charge < -0.3 is 19.7 Å². The minimum absolute atomic E-state index is 0.133. The van der Waals surface area contributed by atoms with Gasteiger partial charge in [-0.15, -0.1) is 0 Å². The fourth-order valence-corrected chi connectivity index (χ4v) is 3.31. The predicted octanol–water partition coefficient (Wildman–Crippen LogP) is 3.35. The Labute approximate surface area is 146 Å². The summed E-state index contributed by atoms with van der Waals surface area (Å²) >= 11 is 0. The zero-order valence-corrected chi connectivity index (χ0v) is 15.4. The van der Waals surface area contributed by atoms with Crippen LogP contribution in [-0.4, -0.2) is 47.7 Å². The average Bonchev–Trinajstić information content (AvgIpc) is 2.95. The fraction of sp³-hybridized carbons (Fsp3) is 0.947. The number of unbranched alkanes of at least 4 members (excludes halogenated alkanes) is 6. The number of carbonyl (C=O) groups excluding carboxylic acids is 1. The Morgan fingerprint density at radius 2 is 1.88 bits per heavy atom. The first-order chi connectivity index (χ1) is 11.6. The number of carbonyl (C=O) groups is 1. The largest absolute Gasteiger partial charge is 0.469 e. The molecule has 5 nitrogen and oxygen atoms in total. The highest BCUT2D eigenvalue weighted by molar-refractivity contribution is 5.68. The summed E-state index contributed by atoms with van der Waals surface area (Å²) in [5.74, 6) is -0.138. The van der Waals surface area contributed by atoms with Crippen molar-refractivity contribution in [2.75, 3.05) is 7.11 Å². The predicted molar refractivity (Wildman–Crippen MR) is 93.8 cm³/mol. The number of hydrogen-bond donors (Lipinski definition) is 2. The smallest absolute Gasteiger partial charge is 0.305 e. The van der Waals surface area contributed by atoms with Crippen LogP contribution in [0.25, 0.3) is 0 Å². The lowest BCUT2D eigenvalue weighted by Crippen LogP contribution is -2.26. The molecule has 0 aromatic heterocycles. The third-order valence-electron chi connectivity index (χ3n) is 4.88. The van der Waals surface area contributed by atoms with Crippen LogP contribution in [0.1, 0.15) is 84.0 Å². The van der Waals surface area contributed by atoms with E-state index in [1.165, 1.54) is 7.11 Å². The Kier molecular flexibility index (Phi) is 11.3. The maximum Gasteiger partial charge on any atom is 0.305 e. The summed E-state index contributed by atoms with van der Waals surface area (Å²) in [6, 6.07) is 0. The molecule has 1 heterocycles. The topological polar surface area (TPSA) is 76.0 Å². The molecule has 2 N–H and O–H groups in total. The summed E-state index contributed by atoms with van der Waals surface area (Å²) in [4.78, 5) is 11.0. The molecule has 0 aromatic carbocycles. The van der Waals surface area contributed by atoms with Gasteiger partial charge in [-0.1, -0.05) is 51.9 Å². The third-order valence-corrected chi connectivity index (χ3v) is 4.88. The Morgan fingerprint density at radius 1 is 1.17 bits per heavy atom. The molecule has 0 bridgehead atoms. The lowest BCUT2D eigenvalue weighted by molar-refractivity contribution is -0.140. The van der Waals surface area contributed by atoms with E-state index < -0.39 is 12.2 Å². The minimum atomic E-state index is -0.450. The second-order valence-electron chi connectivity index (χ2n) is 6.96. The first-order valence-corrected chi connectivity index (χ1v) is 9.66. The van der Waals surface area contributed by atoms with Gasteiger partial charge in [0, 0.05) is 12.8 Å². The lowest BCUT2D eigenvalue weighted by atomic mass is 10.0. The summed E-state index contributed by atoms with van der Waals surface area (Å²) in [6.45, 7) is 2.15. The van der Waals surface area contributed by atoms with E-state index in [1.807, 2.05) is 0 Å². The van der Waals surface area contributed by atoms with Gasteiger partial charge in [-0.2, -0.15) is 0 Å². The zero-order valence-electron chi connectivity index (χ0n) is 15.4. The average molecular weight is 344 g/mol. The summed E-state index contributed by atoms with van der Waals surface area (Å²) < 4.78 is 10.5. The van der Waals surface area contributed by atoms with E-state index in [-0.39, 0.29) is 18.2 Å². The van der Waals surface area contributed by atoms with Crippen molar-refractivity contribution < 1.29 is 24.5 Å². The molecule has 0 aliphatic carbocycles. The van der Waals surface area contributed by atoms with Crippen molar-refractivity contribution in [3.8, 4) is 0 Å². The monoisotopic (exact) mass is 344 g/mol. The van der Waals surface area contributed by atoms with Gasteiger partial charge in [-0.25, -0.2) is 0 Å². The van der Waals surface area contributed by atoms with E-state index >= 15 is 0 Å². The summed E-state index contributed by atoms with van der Waals surface area (Å²) in [5, 5.41) is 20.3. The van der Waals surface area contributed by atoms with Crippen LogP contribution in [0.5, 0.6) is 0 Å². The van der Waals surface area contributed by atoms with Crippen molar-refractivity contribution in [3.05, 3.63) is 0 Å². The van der Waals surface area contributed by atoms with E-state index in [2.05, 4.69) is 11.7 Å². The minimum Gasteiger partial charge on any atom is -0.469 e. The number of aliphatic hydroxyl groups is 2. The van der Waals surface area contributed by atoms with Crippen molar-refractivity contribution in [2.24, 2.45) is 0 Å². The molecule has 0 aromatic rings. The van der Waals surface area contributed by atoms with Gasteiger partial charge in [-0.3, -0.25) is 4.79 Å². The molecule has 0 amide bonds. The maximum absolute atomic E-state index is 11.0. The number of hydrogen-bond acceptors (Lipinski definition) is 5. The first-order valence-electron chi connectivity index (χ1n) is 9.66. The highest BCUT2D eigenvalue weighted by atomic mass is 16.5. The van der Waals surface area contributed by atoms with Crippen molar-refractivity contribution in [2.45, 2.75) is 108 Å². The molecule has 1 rings (SSSR count). The Hall–Kier alpha value is -0.650. The Morgan fingerprint density at radius 3 is 2.58 bits per heavy atom. The van der Waals surface area contributed by atoms with Gasteiger partial charge in [0.15, 0.2) is 0 Å². The number of methoxy groups -OCH3 is 1. The number of ether oxygens (including phenoxy) is 2. The van der Waals surface area contributed by atoms with E-state index in [1.54, 1.807) is 0 Å². The normalized spacial score (nSPS) is 24.9. The fourth-order valence-electron chi connectivity index (χ4n) is 3.31. The summed E-state index contributed by atoms with van der Waals surface area (Å²) in [6.07, 6.45) is 9.79. The molecule has 5 heteroatoms. The van der Waals surface area contributed by atoms with Crippen LogP contribution < -0.4 is 0 Å². The second-order valence-corrected chi connectivity index (χ2v) is 6.96. The SMILES string of the molecule is CCCCCC(O)[C@H]1C[C@@H](O)[C@H](CCCCCCCC(=O)OC)O1. The quantitative estimate of drug-likeness (QED) is 0.396. The van der Waals surface area contributed by atoms with Gasteiger partial charge in [0.25, 0.3) is 0 Å². The van der Waals surface area contributed by atoms with Gasteiger partial charge in [0.2, 0.25) is 0 Å². The van der Waals surface area contributed by atoms with Crippen LogP contribution in [0.3, 0.4) is 0 Å². The maximum atomic E-state index is 11.0. The number of rotatable bonds is 13. The molecule has 1 aliphatic rings. The molecule has 0 spiro atoms. The highest BCUT2D eigenvalue weighted by Gasteiger charge is 2.36. The standard InChI is InChI=1S/C19H36O5/c1-3-4-8-11-15(20)18-14-16(21)17(24-18)12-9-6-5-7-10-13-19(22)23-2/h15-18,20-21H,3-14H2,1-2H3/t15?,16-,17+,18-/m1/s1. The molecular formula is C19H36O5. The van der Waals surface area contributed by atoms with E-state index in [9.17, 15) is 15.0 Å². The highest BCUT2D eigenvalue weighted by Crippen LogP contribution is 2.28. The molecular weight excluding hydrogens is 308 g/mol. The summed E-state index contributed by atoms with van der Waals surface area (Å²) in [5.41, 5.74) is 0. The number of aliphatic hydroxyl groups excluding tert-OH is 2.